The molecule has 4 rings (SSSR count). The van der Waals surface area contributed by atoms with Gasteiger partial charge in [0.05, 0.1) is 26.3 Å². The van der Waals surface area contributed by atoms with Crippen molar-refractivity contribution in [1.29, 1.82) is 0 Å². The van der Waals surface area contributed by atoms with Crippen LogP contribution in [0.4, 0.5) is 10.5 Å². The number of amides is 1. The first-order valence-electron chi connectivity index (χ1n) is 11.1. The van der Waals surface area contributed by atoms with Crippen LogP contribution in [0.3, 0.4) is 0 Å². The van der Waals surface area contributed by atoms with Crippen LogP contribution < -0.4 is 19.7 Å². The first kappa shape index (κ1) is 22.1. The van der Waals surface area contributed by atoms with E-state index < -0.39 is 11.7 Å². The Kier molecular flexibility index (Phi) is 6.04. The van der Waals surface area contributed by atoms with Gasteiger partial charge in [0, 0.05) is 12.2 Å². The van der Waals surface area contributed by atoms with E-state index in [1.165, 1.54) is 11.3 Å². The minimum atomic E-state index is -0.581. The van der Waals surface area contributed by atoms with Gasteiger partial charge in [0.25, 0.3) is 0 Å². The van der Waals surface area contributed by atoms with Crippen molar-refractivity contribution in [3.63, 3.8) is 0 Å². The lowest BCUT2D eigenvalue weighted by atomic mass is 9.86. The Hall–Kier alpha value is -3.15. The first-order chi connectivity index (χ1) is 15.3. The fourth-order valence-electron chi connectivity index (χ4n) is 4.58. The standard InChI is InChI=1S/C26H32N2O4/c1-26(2,3)32-25(29)27-24-19-16-23(31-5)22(30-4)15-18(19)12-13-21(24)28-14-8-10-17-9-6-7-11-20(17)28/h6-7,9,11-13,15-16,21,24H,8,10,14H2,1-5H3,(H,27,29)/t21-,24-/m1/s1. The van der Waals surface area contributed by atoms with E-state index in [0.29, 0.717) is 11.5 Å². The molecular weight excluding hydrogens is 404 g/mol. The van der Waals surface area contributed by atoms with Crippen molar-refractivity contribution in [1.82, 2.24) is 5.32 Å². The third-order valence-corrected chi connectivity index (χ3v) is 5.92. The van der Waals surface area contributed by atoms with Gasteiger partial charge in [-0.1, -0.05) is 30.4 Å². The van der Waals surface area contributed by atoms with Gasteiger partial charge in [-0.25, -0.2) is 4.79 Å². The molecule has 0 fully saturated rings. The van der Waals surface area contributed by atoms with Crippen molar-refractivity contribution in [2.75, 3.05) is 25.7 Å². The number of alkyl carbamates (subject to hydrolysis) is 1. The van der Waals surface area contributed by atoms with E-state index in [1.54, 1.807) is 14.2 Å². The maximum Gasteiger partial charge on any atom is 0.408 e. The van der Waals surface area contributed by atoms with Gasteiger partial charge in [-0.15, -0.1) is 0 Å². The molecule has 0 bridgehead atoms. The number of carbonyl (C=O) groups is 1. The second kappa shape index (κ2) is 8.77. The molecule has 2 aromatic carbocycles. The Morgan fingerprint density at radius 1 is 1.09 bits per heavy atom. The van der Waals surface area contributed by atoms with E-state index in [-0.39, 0.29) is 12.1 Å². The van der Waals surface area contributed by atoms with E-state index in [2.05, 4.69) is 46.6 Å². The van der Waals surface area contributed by atoms with Gasteiger partial charge in [-0.05, 0) is 68.5 Å². The number of carbonyl (C=O) groups excluding carboxylic acids is 1. The lowest BCUT2D eigenvalue weighted by Crippen LogP contribution is -2.49. The van der Waals surface area contributed by atoms with E-state index >= 15 is 0 Å². The molecular formula is C26H32N2O4. The zero-order valence-corrected chi connectivity index (χ0v) is 19.5. The molecule has 1 N–H and O–H groups in total. The smallest absolute Gasteiger partial charge is 0.408 e. The van der Waals surface area contributed by atoms with E-state index in [1.807, 2.05) is 32.9 Å². The van der Waals surface area contributed by atoms with Crippen LogP contribution in [0, 0.1) is 0 Å². The number of anilines is 1. The quantitative estimate of drug-likeness (QED) is 0.721. The van der Waals surface area contributed by atoms with Crippen molar-refractivity contribution in [2.24, 2.45) is 0 Å². The van der Waals surface area contributed by atoms with E-state index in [0.717, 1.165) is 30.5 Å². The third kappa shape index (κ3) is 4.40. The number of aryl methyl sites for hydroxylation is 1. The molecule has 170 valence electrons. The Labute approximate surface area is 190 Å². The van der Waals surface area contributed by atoms with Crippen molar-refractivity contribution in [2.45, 2.75) is 51.3 Å². The Morgan fingerprint density at radius 2 is 1.81 bits per heavy atom. The number of nitrogens with one attached hydrogen (secondary N) is 1. The summed E-state index contributed by atoms with van der Waals surface area (Å²) in [5.74, 6) is 1.30. The van der Waals surface area contributed by atoms with Gasteiger partial charge in [-0.2, -0.15) is 0 Å². The van der Waals surface area contributed by atoms with Crippen LogP contribution >= 0.6 is 0 Å². The Balaban J connectivity index is 1.76. The van der Waals surface area contributed by atoms with Gasteiger partial charge in [0.15, 0.2) is 11.5 Å². The first-order valence-corrected chi connectivity index (χ1v) is 11.1. The van der Waals surface area contributed by atoms with Gasteiger partial charge >= 0.3 is 6.09 Å². The van der Waals surface area contributed by atoms with Gasteiger partial charge in [0.1, 0.15) is 5.60 Å². The predicted octanol–water partition coefficient (Wildman–Crippen LogP) is 5.12. The number of methoxy groups -OCH3 is 2. The van der Waals surface area contributed by atoms with Gasteiger partial charge in [-0.3, -0.25) is 0 Å². The average molecular weight is 437 g/mol. The largest absolute Gasteiger partial charge is 0.493 e. The molecule has 0 saturated carbocycles. The Bertz CT molecular complexity index is 1020. The van der Waals surface area contributed by atoms with Crippen molar-refractivity contribution >= 4 is 17.9 Å². The molecule has 1 aliphatic carbocycles. The zero-order chi connectivity index (χ0) is 22.9. The number of nitrogens with zero attached hydrogens (tertiary/aromatic N) is 1. The molecule has 32 heavy (non-hydrogen) atoms. The van der Waals surface area contributed by atoms with Crippen LogP contribution in [0.2, 0.25) is 0 Å². The minimum absolute atomic E-state index is 0.0606. The van der Waals surface area contributed by atoms with Crippen LogP contribution in [0.1, 0.15) is 49.9 Å². The number of para-hydroxylation sites is 1. The highest BCUT2D eigenvalue weighted by Crippen LogP contribution is 2.41. The second-order valence-electron chi connectivity index (χ2n) is 9.24. The molecule has 6 heteroatoms. The molecule has 2 aliphatic rings. The molecule has 1 heterocycles. The van der Waals surface area contributed by atoms with E-state index in [4.69, 9.17) is 14.2 Å². The van der Waals surface area contributed by atoms with Crippen molar-refractivity contribution in [3.8, 4) is 11.5 Å². The number of hydrogen-bond acceptors (Lipinski definition) is 5. The number of fused-ring (bicyclic) bond motifs is 2. The molecule has 0 saturated heterocycles. The molecule has 6 nitrogen and oxygen atoms in total. The minimum Gasteiger partial charge on any atom is -0.493 e. The number of hydrogen-bond donors (Lipinski definition) is 1. The maximum absolute atomic E-state index is 12.9. The number of rotatable bonds is 4. The molecule has 0 radical (unpaired) electrons. The lowest BCUT2D eigenvalue weighted by molar-refractivity contribution is 0.0498. The highest BCUT2D eigenvalue weighted by molar-refractivity contribution is 5.73. The maximum atomic E-state index is 12.9. The summed E-state index contributed by atoms with van der Waals surface area (Å²) in [5, 5.41) is 3.15. The molecule has 1 aliphatic heterocycles. The van der Waals surface area contributed by atoms with Crippen molar-refractivity contribution in [3.05, 3.63) is 59.2 Å². The van der Waals surface area contributed by atoms with Gasteiger partial charge < -0.3 is 24.4 Å². The van der Waals surface area contributed by atoms with Crippen LogP contribution in [0.25, 0.3) is 6.08 Å². The van der Waals surface area contributed by atoms with Crippen LogP contribution in [0.5, 0.6) is 11.5 Å². The summed E-state index contributed by atoms with van der Waals surface area (Å²) >= 11 is 0. The Morgan fingerprint density at radius 3 is 2.53 bits per heavy atom. The fraction of sp³-hybridized carbons (Fsp3) is 0.423. The summed E-state index contributed by atoms with van der Waals surface area (Å²) in [5.41, 5.74) is 3.94. The summed E-state index contributed by atoms with van der Waals surface area (Å²) in [4.78, 5) is 15.2. The number of ether oxygens (including phenoxy) is 3. The molecule has 2 aromatic rings. The monoisotopic (exact) mass is 436 g/mol. The zero-order valence-electron chi connectivity index (χ0n) is 19.5. The summed E-state index contributed by atoms with van der Waals surface area (Å²) < 4.78 is 16.7. The molecule has 0 aromatic heterocycles. The fourth-order valence-corrected chi connectivity index (χ4v) is 4.58. The molecule has 0 spiro atoms. The third-order valence-electron chi connectivity index (χ3n) is 5.92. The highest BCUT2D eigenvalue weighted by Gasteiger charge is 2.36. The number of benzene rings is 2. The van der Waals surface area contributed by atoms with Crippen LogP contribution in [0.15, 0.2) is 42.5 Å². The van der Waals surface area contributed by atoms with E-state index in [9.17, 15) is 4.79 Å². The molecule has 1 amide bonds. The van der Waals surface area contributed by atoms with Crippen LogP contribution in [-0.4, -0.2) is 38.5 Å². The van der Waals surface area contributed by atoms with Crippen LogP contribution in [-0.2, 0) is 11.2 Å². The predicted molar refractivity (Wildman–Crippen MR) is 127 cm³/mol. The summed E-state index contributed by atoms with van der Waals surface area (Å²) in [6.45, 7) is 6.52. The van der Waals surface area contributed by atoms with Gasteiger partial charge in [0.2, 0.25) is 0 Å². The topological polar surface area (TPSA) is 60.0 Å². The summed E-state index contributed by atoms with van der Waals surface area (Å²) in [6, 6.07) is 12.1. The molecule has 0 unspecified atom stereocenters. The second-order valence-corrected chi connectivity index (χ2v) is 9.24. The highest BCUT2D eigenvalue weighted by atomic mass is 16.6. The summed E-state index contributed by atoms with van der Waals surface area (Å²) in [6.07, 6.45) is 5.97. The summed E-state index contributed by atoms with van der Waals surface area (Å²) in [7, 11) is 3.25. The molecule has 2 atom stereocenters. The lowest BCUT2D eigenvalue weighted by Gasteiger charge is -2.42. The average Bonchev–Trinajstić information content (AvgIpc) is 2.76. The van der Waals surface area contributed by atoms with Crippen molar-refractivity contribution < 1.29 is 19.0 Å². The SMILES string of the molecule is COc1cc2c(cc1OC)[C@@H](NC(=O)OC(C)(C)C)[C@H](N1CCCc3ccccc31)C=C2. The normalized spacial score (nSPS) is 19.6.